The van der Waals surface area contributed by atoms with E-state index in [9.17, 15) is 13.2 Å². The molecular weight excluding hydrogens is 450 g/mol. The number of aromatic nitrogens is 1. The highest BCUT2D eigenvalue weighted by atomic mass is 32.2. The number of carbonyl (C=O) groups is 1. The van der Waals surface area contributed by atoms with E-state index in [1.807, 2.05) is 37.4 Å². The minimum Gasteiger partial charge on any atom is -0.308 e. The van der Waals surface area contributed by atoms with E-state index in [2.05, 4.69) is 6.07 Å². The largest absolute Gasteiger partial charge is 0.308 e. The Morgan fingerprint density at radius 2 is 1.77 bits per heavy atom. The summed E-state index contributed by atoms with van der Waals surface area (Å²) in [6.07, 6.45) is 2.03. The molecule has 6 nitrogen and oxygen atoms in total. The minimum atomic E-state index is -3.38. The maximum atomic E-state index is 13.4. The zero-order chi connectivity index (χ0) is 22.8. The molecule has 3 rings (SSSR count). The summed E-state index contributed by atoms with van der Waals surface area (Å²) in [6, 6.07) is 12.3. The molecule has 1 heterocycles. The lowest BCUT2D eigenvalue weighted by Gasteiger charge is -2.22. The van der Waals surface area contributed by atoms with E-state index in [0.717, 1.165) is 15.1 Å². The lowest BCUT2D eigenvalue weighted by molar-refractivity contribution is 0.0985. The van der Waals surface area contributed by atoms with Gasteiger partial charge >= 0.3 is 0 Å². The molecule has 1 amide bonds. The molecule has 0 aliphatic carbocycles. The molecule has 0 spiro atoms. The van der Waals surface area contributed by atoms with Crippen LogP contribution in [0.5, 0.6) is 0 Å². The van der Waals surface area contributed by atoms with Gasteiger partial charge in [-0.15, -0.1) is 11.8 Å². The van der Waals surface area contributed by atoms with Gasteiger partial charge in [0.2, 0.25) is 0 Å². The number of hydrogen-bond donors (Lipinski definition) is 0. The Morgan fingerprint density at radius 1 is 1.10 bits per heavy atom. The van der Waals surface area contributed by atoms with Crippen LogP contribution in [0.3, 0.4) is 0 Å². The highest BCUT2D eigenvalue weighted by Crippen LogP contribution is 2.32. The Balaban J connectivity index is 1.96. The average Bonchev–Trinajstić information content (AvgIpc) is 3.16. The minimum absolute atomic E-state index is 0.195. The monoisotopic (exact) mass is 477 g/mol. The molecule has 0 saturated heterocycles. The SMILES string of the molecule is CSc1ccc2nc(N(CCN(C)C)C(=O)c3ccc(S(=O)(=O)C(C)C)cc3)sc2c1. The van der Waals surface area contributed by atoms with Crippen LogP contribution < -0.4 is 4.90 Å². The third kappa shape index (κ3) is 5.28. The molecule has 0 N–H and O–H groups in total. The van der Waals surface area contributed by atoms with E-state index in [-0.39, 0.29) is 10.8 Å². The number of amides is 1. The molecule has 166 valence electrons. The summed E-state index contributed by atoms with van der Waals surface area (Å²) in [5.41, 5.74) is 1.30. The zero-order valence-corrected chi connectivity index (χ0v) is 20.8. The van der Waals surface area contributed by atoms with Crippen LogP contribution in [-0.2, 0) is 9.84 Å². The third-order valence-electron chi connectivity index (χ3n) is 4.88. The summed E-state index contributed by atoms with van der Waals surface area (Å²) in [4.78, 5) is 23.1. The number of fused-ring (bicyclic) bond motifs is 1. The summed E-state index contributed by atoms with van der Waals surface area (Å²) >= 11 is 3.15. The highest BCUT2D eigenvalue weighted by Gasteiger charge is 2.23. The number of rotatable bonds is 8. The lowest BCUT2D eigenvalue weighted by Crippen LogP contribution is -2.36. The Bertz CT molecular complexity index is 1170. The van der Waals surface area contributed by atoms with Gasteiger partial charge in [0.15, 0.2) is 15.0 Å². The normalized spacial score (nSPS) is 12.1. The van der Waals surface area contributed by atoms with Gasteiger partial charge in [-0.2, -0.15) is 0 Å². The fraction of sp³-hybridized carbons (Fsp3) is 0.364. The number of nitrogens with zero attached hydrogens (tertiary/aromatic N) is 3. The molecule has 1 aromatic heterocycles. The van der Waals surface area contributed by atoms with Gasteiger partial charge in [0.05, 0.1) is 20.4 Å². The summed E-state index contributed by atoms with van der Waals surface area (Å²) in [7, 11) is 0.530. The molecule has 3 aromatic rings. The molecule has 0 atom stereocenters. The number of likely N-dealkylation sites (N-methyl/N-ethyl adjacent to an activating group) is 1. The Labute approximate surface area is 192 Å². The van der Waals surface area contributed by atoms with Crippen LogP contribution in [0, 0.1) is 0 Å². The summed E-state index contributed by atoms with van der Waals surface area (Å²) in [5.74, 6) is -0.195. The number of sulfone groups is 1. The van der Waals surface area contributed by atoms with Crippen molar-refractivity contribution in [3.8, 4) is 0 Å². The van der Waals surface area contributed by atoms with E-state index in [0.29, 0.717) is 23.8 Å². The van der Waals surface area contributed by atoms with Crippen molar-refractivity contribution >= 4 is 54.2 Å². The molecule has 0 saturated carbocycles. The molecule has 0 unspecified atom stereocenters. The van der Waals surface area contributed by atoms with E-state index in [4.69, 9.17) is 4.98 Å². The van der Waals surface area contributed by atoms with E-state index in [1.165, 1.54) is 23.5 Å². The predicted molar refractivity (Wildman–Crippen MR) is 130 cm³/mol. The van der Waals surface area contributed by atoms with Crippen molar-refractivity contribution in [3.63, 3.8) is 0 Å². The first-order valence-electron chi connectivity index (χ1n) is 9.88. The van der Waals surface area contributed by atoms with Gasteiger partial charge < -0.3 is 4.90 Å². The van der Waals surface area contributed by atoms with Crippen molar-refractivity contribution in [2.45, 2.75) is 28.9 Å². The Hall–Kier alpha value is -1.94. The lowest BCUT2D eigenvalue weighted by atomic mass is 10.2. The number of benzene rings is 2. The zero-order valence-electron chi connectivity index (χ0n) is 18.3. The van der Waals surface area contributed by atoms with Gasteiger partial charge in [-0.1, -0.05) is 11.3 Å². The first kappa shape index (κ1) is 23.7. The molecular formula is C22H27N3O3S3. The summed E-state index contributed by atoms with van der Waals surface area (Å²) in [5, 5.41) is 0.124. The van der Waals surface area contributed by atoms with Crippen molar-refractivity contribution in [1.82, 2.24) is 9.88 Å². The van der Waals surface area contributed by atoms with Crippen LogP contribution in [0.15, 0.2) is 52.3 Å². The van der Waals surface area contributed by atoms with E-state index in [1.54, 1.807) is 42.6 Å². The number of anilines is 1. The quantitative estimate of drug-likeness (QED) is 0.448. The van der Waals surface area contributed by atoms with Gasteiger partial charge in [-0.05, 0) is 76.7 Å². The highest BCUT2D eigenvalue weighted by molar-refractivity contribution is 7.98. The second-order valence-corrected chi connectivity index (χ2v) is 12.1. The molecule has 0 aliphatic rings. The molecule has 2 aromatic carbocycles. The fourth-order valence-corrected chi connectivity index (χ4v) is 5.54. The summed E-state index contributed by atoms with van der Waals surface area (Å²) < 4.78 is 25.8. The van der Waals surface area contributed by atoms with Crippen molar-refractivity contribution in [2.75, 3.05) is 38.3 Å². The van der Waals surface area contributed by atoms with Crippen LogP contribution in [-0.4, -0.2) is 62.9 Å². The second kappa shape index (κ2) is 9.68. The second-order valence-electron chi connectivity index (χ2n) is 7.71. The molecule has 0 bridgehead atoms. The van der Waals surface area contributed by atoms with Crippen LogP contribution in [0.25, 0.3) is 10.2 Å². The van der Waals surface area contributed by atoms with Gasteiger partial charge in [-0.25, -0.2) is 13.4 Å². The molecule has 31 heavy (non-hydrogen) atoms. The molecule has 0 aliphatic heterocycles. The fourth-order valence-electron chi connectivity index (χ4n) is 2.93. The van der Waals surface area contributed by atoms with Crippen LogP contribution >= 0.6 is 23.1 Å². The smallest absolute Gasteiger partial charge is 0.260 e. The van der Waals surface area contributed by atoms with E-state index >= 15 is 0 Å². The number of thioether (sulfide) groups is 1. The average molecular weight is 478 g/mol. The van der Waals surface area contributed by atoms with E-state index < -0.39 is 15.1 Å². The number of carbonyl (C=O) groups excluding carboxylic acids is 1. The van der Waals surface area contributed by atoms with Gasteiger partial charge in [-0.3, -0.25) is 9.69 Å². The standard InChI is InChI=1S/C22H27N3O3S3/c1-15(2)31(27,28)18-9-6-16(7-10-18)21(26)25(13-12-24(3)4)22-23-19-11-8-17(29-5)14-20(19)30-22/h6-11,14-15H,12-13H2,1-5H3. The van der Waals surface area contributed by atoms with Crippen LogP contribution in [0.4, 0.5) is 5.13 Å². The van der Waals surface area contributed by atoms with Crippen LogP contribution in [0.2, 0.25) is 0 Å². The van der Waals surface area contributed by atoms with Gasteiger partial charge in [0, 0.05) is 23.5 Å². The molecule has 0 fully saturated rings. The van der Waals surface area contributed by atoms with Crippen molar-refractivity contribution in [2.24, 2.45) is 0 Å². The summed E-state index contributed by atoms with van der Waals surface area (Å²) in [6.45, 7) is 4.45. The molecule has 0 radical (unpaired) electrons. The first-order chi connectivity index (χ1) is 14.6. The number of thiazole rings is 1. The van der Waals surface area contributed by atoms with Gasteiger partial charge in [0.25, 0.3) is 5.91 Å². The van der Waals surface area contributed by atoms with Crippen molar-refractivity contribution < 1.29 is 13.2 Å². The van der Waals surface area contributed by atoms with Gasteiger partial charge in [0.1, 0.15) is 0 Å². The van der Waals surface area contributed by atoms with Crippen LogP contribution in [0.1, 0.15) is 24.2 Å². The maximum absolute atomic E-state index is 13.4. The van der Waals surface area contributed by atoms with Crippen molar-refractivity contribution in [3.05, 3.63) is 48.0 Å². The predicted octanol–water partition coefficient (Wildman–Crippen LogP) is 4.41. The first-order valence-corrected chi connectivity index (χ1v) is 13.5. The van der Waals surface area contributed by atoms with Crippen molar-refractivity contribution in [1.29, 1.82) is 0 Å². The maximum Gasteiger partial charge on any atom is 0.260 e. The third-order valence-corrected chi connectivity index (χ3v) is 8.82. The molecule has 9 heteroatoms. The number of hydrogen-bond acceptors (Lipinski definition) is 7. The topological polar surface area (TPSA) is 70.6 Å². The Morgan fingerprint density at radius 3 is 2.35 bits per heavy atom. The Kier molecular flexibility index (Phi) is 7.41.